The van der Waals surface area contributed by atoms with Crippen molar-refractivity contribution in [3.63, 3.8) is 0 Å². The van der Waals surface area contributed by atoms with E-state index >= 15 is 0 Å². The molecule has 3 N–H and O–H groups in total. The summed E-state index contributed by atoms with van der Waals surface area (Å²) in [7, 11) is 0. The minimum absolute atomic E-state index is 0.0299. The molecule has 0 saturated carbocycles. The molecule has 2 rings (SSSR count). The normalized spacial score (nSPS) is 11.9. The maximum Gasteiger partial charge on any atom is 0.224 e. The highest BCUT2D eigenvalue weighted by atomic mass is 16.3. The molecule has 5 nitrogen and oxygen atoms in total. The van der Waals surface area contributed by atoms with Crippen LogP contribution in [0, 0.1) is 0 Å². The molecule has 0 aliphatic heterocycles. The number of aliphatic hydroxyl groups excluding tert-OH is 1. The van der Waals surface area contributed by atoms with Gasteiger partial charge in [0.1, 0.15) is 5.76 Å². The van der Waals surface area contributed by atoms with Crippen LogP contribution in [0.1, 0.15) is 24.7 Å². The van der Waals surface area contributed by atoms with Crippen LogP contribution in [0.2, 0.25) is 0 Å². The van der Waals surface area contributed by atoms with Gasteiger partial charge in [-0.3, -0.25) is 4.79 Å². The summed E-state index contributed by atoms with van der Waals surface area (Å²) in [5.74, 6) is 0.801. The summed E-state index contributed by atoms with van der Waals surface area (Å²) in [5.41, 5.74) is 1.91. The quantitative estimate of drug-likeness (QED) is 0.699. The lowest BCUT2D eigenvalue weighted by molar-refractivity contribution is -0.121. The van der Waals surface area contributed by atoms with Crippen molar-refractivity contribution < 1.29 is 14.3 Å². The van der Waals surface area contributed by atoms with E-state index in [1.165, 1.54) is 0 Å². The first kappa shape index (κ1) is 16.1. The number of nitrogens with one attached hydrogen (secondary N) is 2. The molecule has 0 aliphatic carbocycles. The molecule has 5 heteroatoms. The van der Waals surface area contributed by atoms with E-state index in [1.54, 1.807) is 6.26 Å². The number of furan rings is 1. The second kappa shape index (κ2) is 8.24. The Kier molecular flexibility index (Phi) is 6.03. The van der Waals surface area contributed by atoms with Crippen LogP contribution in [0.5, 0.6) is 0 Å². The maximum atomic E-state index is 11.9. The van der Waals surface area contributed by atoms with Gasteiger partial charge in [0.05, 0.1) is 31.9 Å². The van der Waals surface area contributed by atoms with Gasteiger partial charge in [-0.15, -0.1) is 0 Å². The molecule has 22 heavy (non-hydrogen) atoms. The van der Waals surface area contributed by atoms with Gasteiger partial charge in [0.15, 0.2) is 0 Å². The fourth-order valence-corrected chi connectivity index (χ4v) is 2.08. The molecular weight excluding hydrogens is 280 g/mol. The molecule has 0 spiro atoms. The number of hydrogen-bond donors (Lipinski definition) is 3. The zero-order chi connectivity index (χ0) is 15.8. The predicted octanol–water partition coefficient (Wildman–Crippen LogP) is 2.32. The fraction of sp³-hybridized carbons (Fsp3) is 0.353. The van der Waals surface area contributed by atoms with Gasteiger partial charge in [-0.25, -0.2) is 0 Å². The van der Waals surface area contributed by atoms with Gasteiger partial charge in [-0.2, -0.15) is 0 Å². The number of benzene rings is 1. The molecule has 1 heterocycles. The van der Waals surface area contributed by atoms with Crippen molar-refractivity contribution in [2.75, 3.05) is 11.9 Å². The van der Waals surface area contributed by atoms with E-state index in [4.69, 9.17) is 9.52 Å². The first-order valence-corrected chi connectivity index (χ1v) is 7.46. The van der Waals surface area contributed by atoms with Crippen molar-refractivity contribution in [1.29, 1.82) is 0 Å². The van der Waals surface area contributed by atoms with Gasteiger partial charge in [-0.05, 0) is 36.2 Å². The zero-order valence-corrected chi connectivity index (χ0v) is 12.7. The van der Waals surface area contributed by atoms with Crippen molar-refractivity contribution in [3.05, 3.63) is 54.0 Å². The minimum atomic E-state index is -0.165. The molecule has 1 atom stereocenters. The summed E-state index contributed by atoms with van der Waals surface area (Å²) in [4.78, 5) is 11.9. The van der Waals surface area contributed by atoms with Gasteiger partial charge >= 0.3 is 0 Å². The van der Waals surface area contributed by atoms with Gasteiger partial charge in [0.2, 0.25) is 5.91 Å². The minimum Gasteiger partial charge on any atom is -0.467 e. The highest BCUT2D eigenvalue weighted by molar-refractivity contribution is 5.79. The second-order valence-corrected chi connectivity index (χ2v) is 5.16. The number of rotatable bonds is 8. The van der Waals surface area contributed by atoms with Crippen molar-refractivity contribution in [2.45, 2.75) is 32.4 Å². The SMILES string of the molecule is CCC(CO)NC(=O)Cc1ccc(NCc2ccco2)cc1. The van der Waals surface area contributed by atoms with Crippen LogP contribution in [0.15, 0.2) is 47.1 Å². The van der Waals surface area contributed by atoms with E-state index in [-0.39, 0.29) is 18.6 Å². The van der Waals surface area contributed by atoms with E-state index in [0.717, 1.165) is 23.4 Å². The van der Waals surface area contributed by atoms with Gasteiger partial charge in [0.25, 0.3) is 0 Å². The Morgan fingerprint density at radius 1 is 1.27 bits per heavy atom. The lowest BCUT2D eigenvalue weighted by Crippen LogP contribution is -2.37. The Labute approximate surface area is 130 Å². The molecule has 1 aromatic carbocycles. The molecule has 0 aliphatic rings. The van der Waals surface area contributed by atoms with Gasteiger partial charge < -0.3 is 20.2 Å². The highest BCUT2D eigenvalue weighted by Gasteiger charge is 2.09. The van der Waals surface area contributed by atoms with E-state index in [0.29, 0.717) is 13.0 Å². The molecule has 1 aromatic heterocycles. The third-order valence-electron chi connectivity index (χ3n) is 3.44. The maximum absolute atomic E-state index is 11.9. The molecule has 0 saturated heterocycles. The van der Waals surface area contributed by atoms with Crippen LogP contribution in [-0.4, -0.2) is 23.7 Å². The van der Waals surface area contributed by atoms with Crippen molar-refractivity contribution in [2.24, 2.45) is 0 Å². The molecule has 118 valence electrons. The fourth-order valence-electron chi connectivity index (χ4n) is 2.08. The monoisotopic (exact) mass is 302 g/mol. The average Bonchev–Trinajstić information content (AvgIpc) is 3.05. The standard InChI is InChI=1S/C17H22N2O3/c1-2-14(12-20)19-17(21)10-13-5-7-15(8-6-13)18-11-16-4-3-9-22-16/h3-9,14,18,20H,2,10-12H2,1H3,(H,19,21). The number of anilines is 1. The largest absolute Gasteiger partial charge is 0.467 e. The number of carbonyl (C=O) groups is 1. The van der Waals surface area contributed by atoms with Crippen molar-refractivity contribution in [3.8, 4) is 0 Å². The first-order valence-electron chi connectivity index (χ1n) is 7.46. The van der Waals surface area contributed by atoms with Crippen LogP contribution in [0.25, 0.3) is 0 Å². The second-order valence-electron chi connectivity index (χ2n) is 5.16. The van der Waals surface area contributed by atoms with Gasteiger partial charge in [0, 0.05) is 5.69 Å². The summed E-state index contributed by atoms with van der Waals surface area (Å²) >= 11 is 0. The summed E-state index contributed by atoms with van der Waals surface area (Å²) in [6, 6.07) is 11.3. The molecule has 0 radical (unpaired) electrons. The third-order valence-corrected chi connectivity index (χ3v) is 3.44. The Morgan fingerprint density at radius 3 is 2.64 bits per heavy atom. The highest BCUT2D eigenvalue weighted by Crippen LogP contribution is 2.12. The summed E-state index contributed by atoms with van der Waals surface area (Å²) < 4.78 is 5.25. The molecule has 0 fully saturated rings. The van der Waals surface area contributed by atoms with Crippen LogP contribution < -0.4 is 10.6 Å². The summed E-state index contributed by atoms with van der Waals surface area (Å²) in [6.45, 7) is 2.53. The smallest absolute Gasteiger partial charge is 0.224 e. The van der Waals surface area contributed by atoms with E-state index in [9.17, 15) is 4.79 Å². The van der Waals surface area contributed by atoms with E-state index in [1.807, 2.05) is 43.3 Å². The topological polar surface area (TPSA) is 74.5 Å². The average molecular weight is 302 g/mol. The van der Waals surface area contributed by atoms with Crippen molar-refractivity contribution in [1.82, 2.24) is 5.32 Å². The van der Waals surface area contributed by atoms with Crippen LogP contribution in [0.4, 0.5) is 5.69 Å². The third kappa shape index (κ3) is 4.93. The number of hydrogen-bond acceptors (Lipinski definition) is 4. The molecule has 1 unspecified atom stereocenters. The van der Waals surface area contributed by atoms with Crippen LogP contribution in [-0.2, 0) is 17.8 Å². The molecular formula is C17H22N2O3. The van der Waals surface area contributed by atoms with Gasteiger partial charge in [-0.1, -0.05) is 19.1 Å². The zero-order valence-electron chi connectivity index (χ0n) is 12.7. The number of aliphatic hydroxyl groups is 1. The van der Waals surface area contributed by atoms with Crippen molar-refractivity contribution >= 4 is 11.6 Å². The number of carbonyl (C=O) groups excluding carboxylic acids is 1. The Bertz CT molecular complexity index is 560. The first-order chi connectivity index (χ1) is 10.7. The Morgan fingerprint density at radius 2 is 2.05 bits per heavy atom. The Balaban J connectivity index is 1.82. The molecule has 1 amide bonds. The van der Waals surface area contributed by atoms with E-state index in [2.05, 4.69) is 10.6 Å². The lowest BCUT2D eigenvalue weighted by atomic mass is 10.1. The van der Waals surface area contributed by atoms with Crippen LogP contribution >= 0.6 is 0 Å². The summed E-state index contributed by atoms with van der Waals surface area (Å²) in [5, 5.41) is 15.1. The van der Waals surface area contributed by atoms with Crippen LogP contribution in [0.3, 0.4) is 0 Å². The lowest BCUT2D eigenvalue weighted by Gasteiger charge is -2.14. The predicted molar refractivity (Wildman–Crippen MR) is 85.5 cm³/mol. The number of amides is 1. The molecule has 0 bridgehead atoms. The Hall–Kier alpha value is -2.27. The molecule has 2 aromatic rings. The summed E-state index contributed by atoms with van der Waals surface area (Å²) in [6.07, 6.45) is 2.68. The van der Waals surface area contributed by atoms with E-state index < -0.39 is 0 Å².